The molecule has 1 atom stereocenters. The summed E-state index contributed by atoms with van der Waals surface area (Å²) in [7, 11) is 0. The molecule has 1 N–H and O–H groups in total. The second kappa shape index (κ2) is 8.45. The fourth-order valence-electron chi connectivity index (χ4n) is 3.25. The Morgan fingerprint density at radius 1 is 1.17 bits per heavy atom. The third-order valence-corrected chi connectivity index (χ3v) is 5.02. The molecule has 1 saturated heterocycles. The van der Waals surface area contributed by atoms with Gasteiger partial charge in [-0.3, -0.25) is 14.6 Å². The molecule has 130 valence electrons. The number of amides is 1. The topological polar surface area (TPSA) is 35.6 Å². The van der Waals surface area contributed by atoms with Crippen molar-refractivity contribution < 1.29 is 4.79 Å². The Morgan fingerprint density at radius 3 is 2.50 bits per heavy atom. The van der Waals surface area contributed by atoms with E-state index in [0.29, 0.717) is 12.6 Å². The SMILES string of the molecule is C[C@H](NC(=O)CN1CCN(C/C=C/c2ccccc2)CC1)C1CC1. The van der Waals surface area contributed by atoms with E-state index in [2.05, 4.69) is 58.5 Å². The first-order chi connectivity index (χ1) is 11.7. The van der Waals surface area contributed by atoms with E-state index in [1.165, 1.54) is 18.4 Å². The summed E-state index contributed by atoms with van der Waals surface area (Å²) >= 11 is 0. The lowest BCUT2D eigenvalue weighted by molar-refractivity contribution is -0.123. The van der Waals surface area contributed by atoms with Crippen LogP contribution in [-0.4, -0.2) is 61.0 Å². The third kappa shape index (κ3) is 5.46. The molecule has 1 aliphatic carbocycles. The van der Waals surface area contributed by atoms with Crippen molar-refractivity contribution in [3.63, 3.8) is 0 Å². The summed E-state index contributed by atoms with van der Waals surface area (Å²) in [5.74, 6) is 0.911. The van der Waals surface area contributed by atoms with Gasteiger partial charge < -0.3 is 5.32 Å². The maximum absolute atomic E-state index is 12.1. The molecule has 1 heterocycles. The number of nitrogens with one attached hydrogen (secondary N) is 1. The molecule has 0 spiro atoms. The van der Waals surface area contributed by atoms with Crippen molar-refractivity contribution in [2.24, 2.45) is 5.92 Å². The molecule has 1 aromatic rings. The summed E-state index contributed by atoms with van der Waals surface area (Å²) in [5.41, 5.74) is 1.25. The minimum atomic E-state index is 0.187. The first-order valence-electron chi connectivity index (χ1n) is 9.16. The van der Waals surface area contributed by atoms with E-state index < -0.39 is 0 Å². The Kier molecular flexibility index (Phi) is 6.05. The minimum absolute atomic E-state index is 0.187. The minimum Gasteiger partial charge on any atom is -0.352 e. The molecule has 0 unspecified atom stereocenters. The molecule has 0 aromatic heterocycles. The lowest BCUT2D eigenvalue weighted by atomic mass is 10.2. The molecule has 4 heteroatoms. The van der Waals surface area contributed by atoms with Gasteiger partial charge in [0.2, 0.25) is 5.91 Å². The molecule has 2 aliphatic rings. The molecule has 4 nitrogen and oxygen atoms in total. The zero-order valence-electron chi connectivity index (χ0n) is 14.7. The summed E-state index contributed by atoms with van der Waals surface area (Å²) in [4.78, 5) is 16.8. The summed E-state index contributed by atoms with van der Waals surface area (Å²) < 4.78 is 0. The van der Waals surface area contributed by atoms with Gasteiger partial charge in [0.15, 0.2) is 0 Å². The van der Waals surface area contributed by atoms with Gasteiger partial charge in [-0.15, -0.1) is 0 Å². The molecule has 0 bridgehead atoms. The number of carbonyl (C=O) groups is 1. The molecule has 1 aromatic carbocycles. The van der Waals surface area contributed by atoms with Gasteiger partial charge in [-0.1, -0.05) is 42.5 Å². The van der Waals surface area contributed by atoms with Crippen molar-refractivity contribution in [2.45, 2.75) is 25.8 Å². The molecule has 3 rings (SSSR count). The summed E-state index contributed by atoms with van der Waals surface area (Å²) in [5, 5.41) is 3.15. The van der Waals surface area contributed by atoms with Gasteiger partial charge in [-0.2, -0.15) is 0 Å². The second-order valence-corrected chi connectivity index (χ2v) is 7.08. The quantitative estimate of drug-likeness (QED) is 0.834. The average molecular weight is 327 g/mol. The standard InChI is InChI=1S/C20H29N3O/c1-17(19-9-10-19)21-20(24)16-23-14-12-22(13-15-23)11-5-8-18-6-3-2-4-7-18/h2-8,17,19H,9-16H2,1H3,(H,21,24)/b8-5+/t17-/m0/s1. The normalized spacial score (nSPS) is 21.0. The maximum Gasteiger partial charge on any atom is 0.234 e. The number of hydrogen-bond donors (Lipinski definition) is 1. The third-order valence-electron chi connectivity index (χ3n) is 5.02. The second-order valence-electron chi connectivity index (χ2n) is 7.08. The van der Waals surface area contributed by atoms with Crippen molar-refractivity contribution >= 4 is 12.0 Å². The van der Waals surface area contributed by atoms with Crippen LogP contribution in [-0.2, 0) is 4.79 Å². The fourth-order valence-corrected chi connectivity index (χ4v) is 3.25. The average Bonchev–Trinajstić information content (AvgIpc) is 3.42. The number of benzene rings is 1. The van der Waals surface area contributed by atoms with Crippen LogP contribution in [0.3, 0.4) is 0 Å². The lowest BCUT2D eigenvalue weighted by Gasteiger charge is -2.33. The van der Waals surface area contributed by atoms with E-state index in [0.717, 1.165) is 38.6 Å². The van der Waals surface area contributed by atoms with Gasteiger partial charge in [-0.25, -0.2) is 0 Å². The molecule has 0 radical (unpaired) electrons. The van der Waals surface area contributed by atoms with Crippen LogP contribution in [0.5, 0.6) is 0 Å². The van der Waals surface area contributed by atoms with E-state index in [1.54, 1.807) is 0 Å². The lowest BCUT2D eigenvalue weighted by Crippen LogP contribution is -2.50. The molecular formula is C20H29N3O. The summed E-state index contributed by atoms with van der Waals surface area (Å²) in [6.45, 7) is 7.68. The maximum atomic E-state index is 12.1. The zero-order valence-corrected chi connectivity index (χ0v) is 14.7. The Bertz CT molecular complexity index is 545. The van der Waals surface area contributed by atoms with Crippen LogP contribution < -0.4 is 5.32 Å². The highest BCUT2D eigenvalue weighted by Gasteiger charge is 2.29. The zero-order chi connectivity index (χ0) is 16.8. The Labute approximate surface area is 145 Å². The van der Waals surface area contributed by atoms with Gasteiger partial charge in [0.1, 0.15) is 0 Å². The predicted octanol–water partition coefficient (Wildman–Crippen LogP) is 2.23. The number of hydrogen-bond acceptors (Lipinski definition) is 3. The van der Waals surface area contributed by atoms with Crippen LogP contribution in [0, 0.1) is 5.92 Å². The van der Waals surface area contributed by atoms with Crippen LogP contribution in [0.1, 0.15) is 25.3 Å². The van der Waals surface area contributed by atoms with Crippen molar-refractivity contribution in [3.05, 3.63) is 42.0 Å². The van der Waals surface area contributed by atoms with Crippen LogP contribution >= 0.6 is 0 Å². The van der Waals surface area contributed by atoms with Crippen LogP contribution in [0.4, 0.5) is 0 Å². The summed E-state index contributed by atoms with van der Waals surface area (Å²) in [6, 6.07) is 10.8. The van der Waals surface area contributed by atoms with E-state index >= 15 is 0 Å². The highest BCUT2D eigenvalue weighted by molar-refractivity contribution is 5.78. The molecule has 1 aliphatic heterocycles. The van der Waals surface area contributed by atoms with Crippen LogP contribution in [0.15, 0.2) is 36.4 Å². The number of rotatable bonds is 7. The van der Waals surface area contributed by atoms with Crippen molar-refractivity contribution in [3.8, 4) is 0 Å². The molecule has 1 saturated carbocycles. The predicted molar refractivity (Wildman–Crippen MR) is 98.7 cm³/mol. The Morgan fingerprint density at radius 2 is 1.83 bits per heavy atom. The van der Waals surface area contributed by atoms with Gasteiger partial charge in [-0.05, 0) is 31.2 Å². The molecule has 24 heavy (non-hydrogen) atoms. The number of piperazine rings is 1. The van der Waals surface area contributed by atoms with Crippen LogP contribution in [0.2, 0.25) is 0 Å². The first kappa shape index (κ1) is 17.2. The molecule has 2 fully saturated rings. The number of nitrogens with zero attached hydrogens (tertiary/aromatic N) is 2. The fraction of sp³-hybridized carbons (Fsp3) is 0.550. The van der Waals surface area contributed by atoms with Crippen LogP contribution in [0.25, 0.3) is 6.08 Å². The van der Waals surface area contributed by atoms with E-state index in [4.69, 9.17) is 0 Å². The van der Waals surface area contributed by atoms with Crippen molar-refractivity contribution in [2.75, 3.05) is 39.3 Å². The number of carbonyl (C=O) groups excluding carboxylic acids is 1. The van der Waals surface area contributed by atoms with Gasteiger partial charge >= 0.3 is 0 Å². The van der Waals surface area contributed by atoms with E-state index in [1.807, 2.05) is 6.07 Å². The first-order valence-corrected chi connectivity index (χ1v) is 9.16. The Hall–Kier alpha value is -1.65. The smallest absolute Gasteiger partial charge is 0.234 e. The van der Waals surface area contributed by atoms with E-state index in [9.17, 15) is 4.79 Å². The summed E-state index contributed by atoms with van der Waals surface area (Å²) in [6.07, 6.45) is 6.96. The largest absolute Gasteiger partial charge is 0.352 e. The van der Waals surface area contributed by atoms with Crippen molar-refractivity contribution in [1.82, 2.24) is 15.1 Å². The van der Waals surface area contributed by atoms with Gasteiger partial charge in [0.05, 0.1) is 6.54 Å². The Balaban J connectivity index is 1.33. The van der Waals surface area contributed by atoms with Crippen molar-refractivity contribution in [1.29, 1.82) is 0 Å². The van der Waals surface area contributed by atoms with Gasteiger partial charge in [0, 0.05) is 38.8 Å². The highest BCUT2D eigenvalue weighted by atomic mass is 16.2. The molecule has 1 amide bonds. The molecular weight excluding hydrogens is 298 g/mol. The monoisotopic (exact) mass is 327 g/mol. The van der Waals surface area contributed by atoms with Gasteiger partial charge in [0.25, 0.3) is 0 Å². The highest BCUT2D eigenvalue weighted by Crippen LogP contribution is 2.32. The van der Waals surface area contributed by atoms with E-state index in [-0.39, 0.29) is 5.91 Å².